The lowest BCUT2D eigenvalue weighted by Crippen LogP contribution is -2.16. The molecule has 1 aromatic carbocycles. The first kappa shape index (κ1) is 13.9. The number of nitrogens with zero attached hydrogens (tertiary/aromatic N) is 2. The molecule has 0 amide bonds. The van der Waals surface area contributed by atoms with Gasteiger partial charge in [0.25, 0.3) is 0 Å². The highest BCUT2D eigenvalue weighted by atomic mass is 16.5. The van der Waals surface area contributed by atoms with Gasteiger partial charge in [0.1, 0.15) is 0 Å². The van der Waals surface area contributed by atoms with E-state index in [2.05, 4.69) is 15.5 Å². The predicted octanol–water partition coefficient (Wildman–Crippen LogP) is 1.93. The van der Waals surface area contributed by atoms with Crippen LogP contribution >= 0.6 is 0 Å². The molecule has 1 aliphatic rings. The van der Waals surface area contributed by atoms with E-state index < -0.39 is 0 Å². The molecule has 0 aliphatic heterocycles. The summed E-state index contributed by atoms with van der Waals surface area (Å²) >= 11 is 0. The van der Waals surface area contributed by atoms with Crippen molar-refractivity contribution >= 4 is 0 Å². The maximum absolute atomic E-state index is 5.29. The Morgan fingerprint density at radius 3 is 2.76 bits per heavy atom. The van der Waals surface area contributed by atoms with Crippen LogP contribution in [0.15, 0.2) is 22.7 Å². The highest BCUT2D eigenvalue weighted by molar-refractivity contribution is 5.43. The van der Waals surface area contributed by atoms with Crippen LogP contribution in [0.1, 0.15) is 30.1 Å². The van der Waals surface area contributed by atoms with Crippen molar-refractivity contribution in [3.63, 3.8) is 0 Å². The van der Waals surface area contributed by atoms with Gasteiger partial charge >= 0.3 is 0 Å². The Morgan fingerprint density at radius 2 is 2.05 bits per heavy atom. The van der Waals surface area contributed by atoms with Crippen LogP contribution in [0.4, 0.5) is 0 Å². The highest BCUT2D eigenvalue weighted by Crippen LogP contribution is 2.28. The molecule has 0 unspecified atom stereocenters. The average Bonchev–Trinajstić information content (AvgIpc) is 3.24. The largest absolute Gasteiger partial charge is 0.493 e. The van der Waals surface area contributed by atoms with Gasteiger partial charge in [0.15, 0.2) is 17.3 Å². The van der Waals surface area contributed by atoms with Gasteiger partial charge in [0.05, 0.1) is 27.2 Å². The summed E-state index contributed by atoms with van der Waals surface area (Å²) in [5.41, 5.74) is 1.04. The SMILES string of the molecule is COc1ccc(Cc2nc(CNC3CC3)no2)cc1OC. The Kier molecular flexibility index (Phi) is 4.06. The maximum Gasteiger partial charge on any atom is 0.231 e. The van der Waals surface area contributed by atoms with Crippen LogP contribution < -0.4 is 14.8 Å². The van der Waals surface area contributed by atoms with Gasteiger partial charge in [-0.05, 0) is 30.5 Å². The molecule has 1 saturated carbocycles. The molecule has 0 bridgehead atoms. The number of benzene rings is 1. The Bertz CT molecular complexity index is 608. The highest BCUT2D eigenvalue weighted by Gasteiger charge is 2.21. The van der Waals surface area contributed by atoms with Crippen molar-refractivity contribution < 1.29 is 14.0 Å². The summed E-state index contributed by atoms with van der Waals surface area (Å²) in [4.78, 5) is 4.39. The van der Waals surface area contributed by atoms with Crippen LogP contribution in [0.3, 0.4) is 0 Å². The quantitative estimate of drug-likeness (QED) is 0.840. The zero-order chi connectivity index (χ0) is 14.7. The van der Waals surface area contributed by atoms with Crippen molar-refractivity contribution in [3.8, 4) is 11.5 Å². The van der Waals surface area contributed by atoms with Crippen LogP contribution in [0.25, 0.3) is 0 Å². The first-order valence-corrected chi connectivity index (χ1v) is 7.04. The molecule has 0 atom stereocenters. The second-order valence-corrected chi connectivity index (χ2v) is 5.13. The molecule has 0 radical (unpaired) electrons. The third kappa shape index (κ3) is 3.52. The van der Waals surface area contributed by atoms with E-state index in [4.69, 9.17) is 14.0 Å². The van der Waals surface area contributed by atoms with Crippen LogP contribution in [-0.4, -0.2) is 30.4 Å². The van der Waals surface area contributed by atoms with E-state index in [0.717, 1.165) is 5.56 Å². The summed E-state index contributed by atoms with van der Waals surface area (Å²) in [5, 5.41) is 7.35. The van der Waals surface area contributed by atoms with E-state index in [1.807, 2.05) is 18.2 Å². The molecule has 112 valence electrons. The molecule has 2 aromatic rings. The lowest BCUT2D eigenvalue weighted by atomic mass is 10.1. The van der Waals surface area contributed by atoms with Crippen LogP contribution in [0.5, 0.6) is 11.5 Å². The maximum atomic E-state index is 5.29. The third-order valence-corrected chi connectivity index (χ3v) is 3.44. The molecule has 1 fully saturated rings. The summed E-state index contributed by atoms with van der Waals surface area (Å²) in [6, 6.07) is 6.40. The zero-order valence-electron chi connectivity index (χ0n) is 12.3. The standard InChI is InChI=1S/C15H19N3O3/c1-19-12-6-3-10(7-13(12)20-2)8-15-17-14(18-21-15)9-16-11-4-5-11/h3,6-7,11,16H,4-5,8-9H2,1-2H3. The van der Waals surface area contributed by atoms with E-state index in [1.165, 1.54) is 12.8 Å². The molecular weight excluding hydrogens is 270 g/mol. The Balaban J connectivity index is 1.65. The fraction of sp³-hybridized carbons (Fsp3) is 0.467. The molecule has 1 heterocycles. The Hall–Kier alpha value is -2.08. The molecule has 1 aliphatic carbocycles. The minimum atomic E-state index is 0.580. The number of hydrogen-bond acceptors (Lipinski definition) is 6. The monoisotopic (exact) mass is 289 g/mol. The second-order valence-electron chi connectivity index (χ2n) is 5.13. The lowest BCUT2D eigenvalue weighted by Gasteiger charge is -2.08. The first-order valence-electron chi connectivity index (χ1n) is 7.04. The molecule has 0 saturated heterocycles. The summed E-state index contributed by atoms with van der Waals surface area (Å²) in [6.45, 7) is 0.667. The van der Waals surface area contributed by atoms with Crippen molar-refractivity contribution in [1.29, 1.82) is 0 Å². The van der Waals surface area contributed by atoms with Crippen molar-refractivity contribution in [2.75, 3.05) is 14.2 Å². The van der Waals surface area contributed by atoms with E-state index in [0.29, 0.717) is 42.2 Å². The summed E-state index contributed by atoms with van der Waals surface area (Å²) in [5.74, 6) is 2.72. The molecule has 6 heteroatoms. The van der Waals surface area contributed by atoms with Gasteiger partial charge in [0.2, 0.25) is 5.89 Å². The van der Waals surface area contributed by atoms with Gasteiger partial charge in [-0.2, -0.15) is 4.98 Å². The normalized spacial score (nSPS) is 14.2. The zero-order valence-corrected chi connectivity index (χ0v) is 12.3. The Labute approximate surface area is 123 Å². The van der Waals surface area contributed by atoms with Gasteiger partial charge in [-0.15, -0.1) is 0 Å². The number of methoxy groups -OCH3 is 2. The summed E-state index contributed by atoms with van der Waals surface area (Å²) in [7, 11) is 3.24. The van der Waals surface area contributed by atoms with Crippen LogP contribution in [0, 0.1) is 0 Å². The van der Waals surface area contributed by atoms with Crippen LogP contribution in [-0.2, 0) is 13.0 Å². The number of aromatic nitrogens is 2. The molecule has 1 aromatic heterocycles. The third-order valence-electron chi connectivity index (χ3n) is 3.44. The minimum absolute atomic E-state index is 0.580. The minimum Gasteiger partial charge on any atom is -0.493 e. The molecule has 6 nitrogen and oxygen atoms in total. The second kappa shape index (κ2) is 6.13. The van der Waals surface area contributed by atoms with Crippen molar-refractivity contribution in [3.05, 3.63) is 35.5 Å². The van der Waals surface area contributed by atoms with Gasteiger partial charge in [0, 0.05) is 6.04 Å². The van der Waals surface area contributed by atoms with Crippen LogP contribution in [0.2, 0.25) is 0 Å². The van der Waals surface area contributed by atoms with Crippen molar-refractivity contribution in [1.82, 2.24) is 15.5 Å². The number of ether oxygens (including phenoxy) is 2. The molecular formula is C15H19N3O3. The molecule has 1 N–H and O–H groups in total. The Morgan fingerprint density at radius 1 is 1.24 bits per heavy atom. The molecule has 21 heavy (non-hydrogen) atoms. The van der Waals surface area contributed by atoms with E-state index >= 15 is 0 Å². The fourth-order valence-electron chi connectivity index (χ4n) is 2.12. The smallest absolute Gasteiger partial charge is 0.231 e. The predicted molar refractivity (Wildman–Crippen MR) is 76.5 cm³/mol. The van der Waals surface area contributed by atoms with Crippen molar-refractivity contribution in [2.45, 2.75) is 31.8 Å². The number of nitrogens with one attached hydrogen (secondary N) is 1. The van der Waals surface area contributed by atoms with Gasteiger partial charge in [-0.25, -0.2) is 0 Å². The molecule has 0 spiro atoms. The number of rotatable bonds is 7. The van der Waals surface area contributed by atoms with Gasteiger partial charge < -0.3 is 19.3 Å². The number of hydrogen-bond donors (Lipinski definition) is 1. The summed E-state index contributed by atoms with van der Waals surface area (Å²) < 4.78 is 15.8. The summed E-state index contributed by atoms with van der Waals surface area (Å²) in [6.07, 6.45) is 3.07. The first-order chi connectivity index (χ1) is 10.3. The van der Waals surface area contributed by atoms with Crippen molar-refractivity contribution in [2.24, 2.45) is 0 Å². The average molecular weight is 289 g/mol. The molecule has 3 rings (SSSR count). The van der Waals surface area contributed by atoms with Gasteiger partial charge in [-0.3, -0.25) is 0 Å². The topological polar surface area (TPSA) is 69.4 Å². The van der Waals surface area contributed by atoms with E-state index in [-0.39, 0.29) is 0 Å². The lowest BCUT2D eigenvalue weighted by molar-refractivity contribution is 0.354. The van der Waals surface area contributed by atoms with Gasteiger partial charge in [-0.1, -0.05) is 11.2 Å². The van der Waals surface area contributed by atoms with E-state index in [1.54, 1.807) is 14.2 Å². The van der Waals surface area contributed by atoms with E-state index in [9.17, 15) is 0 Å². The fourth-order valence-corrected chi connectivity index (χ4v) is 2.12.